The minimum absolute atomic E-state index is 0.524. The summed E-state index contributed by atoms with van der Waals surface area (Å²) in [4.78, 5) is 10.8. The summed E-state index contributed by atoms with van der Waals surface area (Å²) in [6.45, 7) is 5.42. The van der Waals surface area contributed by atoms with Gasteiger partial charge in [-0.3, -0.25) is 9.88 Å². The van der Waals surface area contributed by atoms with Crippen LogP contribution in [0.2, 0.25) is 0 Å². The van der Waals surface area contributed by atoms with E-state index in [9.17, 15) is 0 Å². The monoisotopic (exact) mass is 450 g/mol. The maximum absolute atomic E-state index is 5.49. The van der Waals surface area contributed by atoms with E-state index in [1.54, 1.807) is 12.4 Å². The van der Waals surface area contributed by atoms with Gasteiger partial charge >= 0.3 is 0 Å². The molecule has 0 spiro atoms. The van der Waals surface area contributed by atoms with Gasteiger partial charge in [-0.05, 0) is 50.2 Å². The SMILES string of the molecule is Cc1ccc(C)c(-n2cc(CN(C)Cc3nc(-c4cccnc4)no3)c(-c3ccccc3)n2)c1. The topological polar surface area (TPSA) is 72.9 Å². The van der Waals surface area contributed by atoms with Crippen LogP contribution < -0.4 is 0 Å². The molecule has 34 heavy (non-hydrogen) atoms. The Hall–Kier alpha value is -4.10. The summed E-state index contributed by atoms with van der Waals surface area (Å²) in [7, 11) is 2.04. The molecule has 0 unspecified atom stereocenters. The van der Waals surface area contributed by atoms with Crippen molar-refractivity contribution in [1.82, 2.24) is 29.8 Å². The quantitative estimate of drug-likeness (QED) is 0.338. The van der Waals surface area contributed by atoms with Crippen molar-refractivity contribution >= 4 is 0 Å². The third kappa shape index (κ3) is 4.65. The maximum Gasteiger partial charge on any atom is 0.241 e. The van der Waals surface area contributed by atoms with Crippen molar-refractivity contribution in [3.05, 3.63) is 102 Å². The van der Waals surface area contributed by atoms with Gasteiger partial charge in [0.25, 0.3) is 0 Å². The number of aryl methyl sites for hydroxylation is 2. The molecule has 7 nitrogen and oxygen atoms in total. The van der Waals surface area contributed by atoms with E-state index in [4.69, 9.17) is 9.62 Å². The zero-order valence-corrected chi connectivity index (χ0v) is 19.5. The fourth-order valence-electron chi connectivity index (χ4n) is 3.96. The standard InChI is InChI=1S/C27H26N6O/c1-19-11-12-20(2)24(14-19)33-17-23(26(30-33)21-8-5-4-6-9-21)16-32(3)18-25-29-27(31-34-25)22-10-7-13-28-15-22/h4-15,17H,16,18H2,1-3H3. The predicted molar refractivity (Wildman–Crippen MR) is 131 cm³/mol. The predicted octanol–water partition coefficient (Wildman–Crippen LogP) is 5.23. The zero-order valence-electron chi connectivity index (χ0n) is 19.5. The van der Waals surface area contributed by atoms with Crippen LogP contribution in [0, 0.1) is 13.8 Å². The number of rotatable bonds is 7. The number of nitrogens with zero attached hydrogens (tertiary/aromatic N) is 6. The van der Waals surface area contributed by atoms with Crippen molar-refractivity contribution in [2.45, 2.75) is 26.9 Å². The van der Waals surface area contributed by atoms with Gasteiger partial charge in [-0.2, -0.15) is 10.1 Å². The molecule has 0 saturated heterocycles. The van der Waals surface area contributed by atoms with Crippen LogP contribution in [0.25, 0.3) is 28.3 Å². The minimum Gasteiger partial charge on any atom is -0.338 e. The Kier molecular flexibility index (Phi) is 6.01. The molecule has 0 aliphatic heterocycles. The molecule has 0 radical (unpaired) electrons. The molecule has 5 rings (SSSR count). The Morgan fingerprint density at radius 3 is 2.56 bits per heavy atom. The molecular formula is C27H26N6O. The molecule has 0 atom stereocenters. The second kappa shape index (κ2) is 9.41. The molecule has 0 saturated carbocycles. The summed E-state index contributed by atoms with van der Waals surface area (Å²) >= 11 is 0. The fraction of sp³-hybridized carbons (Fsp3) is 0.185. The number of aromatic nitrogens is 5. The van der Waals surface area contributed by atoms with Gasteiger partial charge in [0, 0.05) is 41.8 Å². The largest absolute Gasteiger partial charge is 0.338 e. The van der Waals surface area contributed by atoms with Crippen molar-refractivity contribution in [3.63, 3.8) is 0 Å². The highest BCUT2D eigenvalue weighted by Crippen LogP contribution is 2.26. The lowest BCUT2D eigenvalue weighted by Gasteiger charge is -2.14. The number of hydrogen-bond acceptors (Lipinski definition) is 6. The van der Waals surface area contributed by atoms with Crippen LogP contribution in [0.1, 0.15) is 22.6 Å². The Balaban J connectivity index is 1.42. The van der Waals surface area contributed by atoms with E-state index in [2.05, 4.69) is 70.4 Å². The van der Waals surface area contributed by atoms with Crippen molar-refractivity contribution in [3.8, 4) is 28.3 Å². The fourth-order valence-corrected chi connectivity index (χ4v) is 3.96. The van der Waals surface area contributed by atoms with Crippen LogP contribution in [0.15, 0.2) is 83.8 Å². The summed E-state index contributed by atoms with van der Waals surface area (Å²) in [6, 6.07) is 20.5. The molecule has 7 heteroatoms. The van der Waals surface area contributed by atoms with E-state index < -0.39 is 0 Å². The Morgan fingerprint density at radius 2 is 1.76 bits per heavy atom. The number of hydrogen-bond donors (Lipinski definition) is 0. The first kappa shape index (κ1) is 21.7. The van der Waals surface area contributed by atoms with Gasteiger partial charge in [0.2, 0.25) is 11.7 Å². The number of benzene rings is 2. The first-order chi connectivity index (χ1) is 16.6. The molecule has 0 bridgehead atoms. The van der Waals surface area contributed by atoms with Crippen molar-refractivity contribution in [2.24, 2.45) is 0 Å². The molecule has 2 aromatic carbocycles. The average molecular weight is 451 g/mol. The van der Waals surface area contributed by atoms with Crippen LogP contribution in [-0.4, -0.2) is 36.9 Å². The molecule has 0 amide bonds. The first-order valence-corrected chi connectivity index (χ1v) is 11.2. The lowest BCUT2D eigenvalue weighted by molar-refractivity contribution is 0.261. The molecule has 3 heterocycles. The van der Waals surface area contributed by atoms with Crippen LogP contribution >= 0.6 is 0 Å². The number of pyridine rings is 1. The lowest BCUT2D eigenvalue weighted by Crippen LogP contribution is -2.17. The Bertz CT molecular complexity index is 1390. The van der Waals surface area contributed by atoms with Crippen LogP contribution in [0.4, 0.5) is 0 Å². The summed E-state index contributed by atoms with van der Waals surface area (Å²) in [5, 5.41) is 9.09. The average Bonchev–Trinajstić information content (AvgIpc) is 3.49. The van der Waals surface area contributed by atoms with Crippen molar-refractivity contribution in [2.75, 3.05) is 7.05 Å². The second-order valence-electron chi connectivity index (χ2n) is 8.53. The van der Waals surface area contributed by atoms with Gasteiger partial charge in [-0.1, -0.05) is 47.6 Å². The van der Waals surface area contributed by atoms with Gasteiger partial charge in [-0.15, -0.1) is 0 Å². The van der Waals surface area contributed by atoms with E-state index >= 15 is 0 Å². The summed E-state index contributed by atoms with van der Waals surface area (Å²) < 4.78 is 7.48. The smallest absolute Gasteiger partial charge is 0.241 e. The van der Waals surface area contributed by atoms with Crippen molar-refractivity contribution in [1.29, 1.82) is 0 Å². The lowest BCUT2D eigenvalue weighted by atomic mass is 10.1. The van der Waals surface area contributed by atoms with E-state index in [-0.39, 0.29) is 0 Å². The van der Waals surface area contributed by atoms with Gasteiger partial charge in [-0.25, -0.2) is 4.68 Å². The van der Waals surface area contributed by atoms with Gasteiger partial charge in [0.1, 0.15) is 0 Å². The molecule has 3 aromatic heterocycles. The summed E-state index contributed by atoms with van der Waals surface area (Å²) in [5.74, 6) is 1.11. The third-order valence-electron chi connectivity index (χ3n) is 5.68. The van der Waals surface area contributed by atoms with E-state index in [0.29, 0.717) is 24.8 Å². The van der Waals surface area contributed by atoms with Gasteiger partial charge in [0.05, 0.1) is 17.9 Å². The van der Waals surface area contributed by atoms with Crippen LogP contribution in [0.3, 0.4) is 0 Å². The van der Waals surface area contributed by atoms with E-state index in [1.807, 2.05) is 42.1 Å². The molecule has 0 aliphatic rings. The van der Waals surface area contributed by atoms with Crippen LogP contribution in [-0.2, 0) is 13.1 Å². The molecule has 0 fully saturated rings. The molecule has 170 valence electrons. The third-order valence-corrected chi connectivity index (χ3v) is 5.68. The summed E-state index contributed by atoms with van der Waals surface area (Å²) in [5.41, 5.74) is 7.49. The van der Waals surface area contributed by atoms with E-state index in [0.717, 1.165) is 28.1 Å². The Morgan fingerprint density at radius 1 is 0.941 bits per heavy atom. The molecule has 0 N–H and O–H groups in total. The van der Waals surface area contributed by atoms with Gasteiger partial charge < -0.3 is 4.52 Å². The highest BCUT2D eigenvalue weighted by Gasteiger charge is 2.17. The minimum atomic E-state index is 0.524. The van der Waals surface area contributed by atoms with Gasteiger partial charge in [0.15, 0.2) is 0 Å². The maximum atomic E-state index is 5.49. The van der Waals surface area contributed by atoms with Crippen LogP contribution in [0.5, 0.6) is 0 Å². The highest BCUT2D eigenvalue weighted by molar-refractivity contribution is 5.63. The Labute approximate surface area is 198 Å². The molecule has 5 aromatic rings. The first-order valence-electron chi connectivity index (χ1n) is 11.2. The molecular weight excluding hydrogens is 424 g/mol. The molecule has 0 aliphatic carbocycles. The van der Waals surface area contributed by atoms with E-state index in [1.165, 1.54) is 11.1 Å². The normalized spacial score (nSPS) is 11.3. The zero-order chi connectivity index (χ0) is 23.5. The second-order valence-corrected chi connectivity index (χ2v) is 8.53. The highest BCUT2D eigenvalue weighted by atomic mass is 16.5. The van der Waals surface area contributed by atoms with Crippen molar-refractivity contribution < 1.29 is 4.52 Å². The summed E-state index contributed by atoms with van der Waals surface area (Å²) in [6.07, 6.45) is 5.57.